The number of aryl methyl sites for hydroxylation is 1. The highest BCUT2D eigenvalue weighted by Crippen LogP contribution is 2.15. The average Bonchev–Trinajstić information content (AvgIpc) is 2.77. The number of amidine groups is 1. The molecule has 0 aliphatic heterocycles. The summed E-state index contributed by atoms with van der Waals surface area (Å²) in [6.07, 6.45) is 1.71. The zero-order valence-corrected chi connectivity index (χ0v) is 20.3. The van der Waals surface area contributed by atoms with Gasteiger partial charge in [0, 0.05) is 31.0 Å². The lowest BCUT2D eigenvalue weighted by molar-refractivity contribution is -0.130. The number of carbonyl (C=O) groups excluding carboxylic acids is 2. The van der Waals surface area contributed by atoms with Gasteiger partial charge in [0.05, 0.1) is 6.04 Å². The Hall–Kier alpha value is -2.99. The van der Waals surface area contributed by atoms with Crippen LogP contribution < -0.4 is 16.4 Å². The molecule has 5 N–H and O–H groups in total. The Morgan fingerprint density at radius 2 is 1.64 bits per heavy atom. The van der Waals surface area contributed by atoms with Gasteiger partial charge in [-0.3, -0.25) is 15.0 Å². The summed E-state index contributed by atoms with van der Waals surface area (Å²) in [5, 5.41) is 13.8. The first kappa shape index (κ1) is 26.3. The third kappa shape index (κ3) is 9.58. The minimum atomic E-state index is -0.412. The van der Waals surface area contributed by atoms with Gasteiger partial charge in [0.25, 0.3) is 0 Å². The smallest absolute Gasteiger partial charge is 0.223 e. The van der Waals surface area contributed by atoms with E-state index < -0.39 is 5.92 Å². The molecular weight excluding hydrogens is 412 g/mol. The molecule has 6 heteroatoms. The van der Waals surface area contributed by atoms with Crippen LogP contribution in [-0.4, -0.2) is 30.1 Å². The van der Waals surface area contributed by atoms with Gasteiger partial charge in [-0.05, 0) is 29.4 Å². The number of hydrogen-bond donors (Lipinski definition) is 4. The minimum Gasteiger partial charge on any atom is -0.384 e. The second-order valence-electron chi connectivity index (χ2n) is 9.92. The van der Waals surface area contributed by atoms with Gasteiger partial charge in [0.2, 0.25) is 5.91 Å². The van der Waals surface area contributed by atoms with E-state index in [2.05, 4.69) is 43.5 Å². The summed E-state index contributed by atoms with van der Waals surface area (Å²) in [7, 11) is 0. The van der Waals surface area contributed by atoms with Gasteiger partial charge in [-0.15, -0.1) is 0 Å². The topological polar surface area (TPSA) is 108 Å². The molecule has 0 bridgehead atoms. The molecule has 6 nitrogen and oxygen atoms in total. The Labute approximate surface area is 197 Å². The van der Waals surface area contributed by atoms with E-state index in [9.17, 15) is 9.59 Å². The molecule has 2 atom stereocenters. The standard InChI is InChI=1S/C27H38N4O2/c1-19(26(33)30-17-21-10-13-22(14-11-21)25(28)29)16-24(32)23(31-18-27(2,3)4)15-12-20-8-6-5-7-9-20/h5-11,13-14,19,23,31H,12,15-18H2,1-4H3,(H3,28,29)(H,30,33)/t19-,23-/m1/s1. The lowest BCUT2D eigenvalue weighted by atomic mass is 9.92. The van der Waals surface area contributed by atoms with E-state index in [0.29, 0.717) is 18.5 Å². The zero-order chi connectivity index (χ0) is 24.4. The number of benzene rings is 2. The highest BCUT2D eigenvalue weighted by atomic mass is 16.2. The number of amides is 1. The Balaban J connectivity index is 1.91. The molecule has 0 fully saturated rings. The molecule has 2 aromatic carbocycles. The Bertz CT molecular complexity index is 917. The summed E-state index contributed by atoms with van der Waals surface area (Å²) < 4.78 is 0. The normalized spacial score (nSPS) is 13.2. The van der Waals surface area contributed by atoms with Crippen molar-refractivity contribution in [3.8, 4) is 0 Å². The predicted molar refractivity (Wildman–Crippen MR) is 134 cm³/mol. The minimum absolute atomic E-state index is 0.0135. The van der Waals surface area contributed by atoms with E-state index in [-0.39, 0.29) is 35.4 Å². The van der Waals surface area contributed by atoms with Crippen molar-refractivity contribution in [3.05, 3.63) is 71.3 Å². The number of Topliss-reactive ketones (excluding diaryl/α,β-unsaturated/α-hetero) is 1. The van der Waals surface area contributed by atoms with Crippen molar-refractivity contribution in [2.45, 2.75) is 59.5 Å². The van der Waals surface area contributed by atoms with E-state index in [1.807, 2.05) is 30.3 Å². The van der Waals surface area contributed by atoms with Crippen molar-refractivity contribution in [2.24, 2.45) is 17.1 Å². The Morgan fingerprint density at radius 3 is 2.21 bits per heavy atom. The van der Waals surface area contributed by atoms with Crippen LogP contribution in [0.1, 0.15) is 57.2 Å². The third-order valence-corrected chi connectivity index (χ3v) is 5.52. The molecule has 0 aromatic heterocycles. The fraction of sp³-hybridized carbons (Fsp3) is 0.444. The van der Waals surface area contributed by atoms with Crippen LogP contribution in [0.25, 0.3) is 0 Å². The van der Waals surface area contributed by atoms with Crippen LogP contribution >= 0.6 is 0 Å². The highest BCUT2D eigenvalue weighted by Gasteiger charge is 2.25. The van der Waals surface area contributed by atoms with E-state index in [1.165, 1.54) is 5.56 Å². The second kappa shape index (κ2) is 12.3. The van der Waals surface area contributed by atoms with E-state index in [0.717, 1.165) is 18.5 Å². The zero-order valence-electron chi connectivity index (χ0n) is 20.3. The quantitative estimate of drug-likeness (QED) is 0.291. The summed E-state index contributed by atoms with van der Waals surface area (Å²) in [6, 6.07) is 17.1. The lowest BCUT2D eigenvalue weighted by Crippen LogP contribution is -2.43. The van der Waals surface area contributed by atoms with Gasteiger partial charge >= 0.3 is 0 Å². The SMILES string of the molecule is C[C@H](CC(=O)[C@@H](CCc1ccccc1)NCC(C)(C)C)C(=O)NCc1ccc(C(=N)N)cc1. The highest BCUT2D eigenvalue weighted by molar-refractivity contribution is 5.94. The van der Waals surface area contributed by atoms with E-state index >= 15 is 0 Å². The molecule has 0 aliphatic rings. The maximum absolute atomic E-state index is 13.1. The lowest BCUT2D eigenvalue weighted by Gasteiger charge is -2.25. The molecule has 0 spiro atoms. The van der Waals surface area contributed by atoms with Crippen LogP contribution in [0, 0.1) is 16.7 Å². The van der Waals surface area contributed by atoms with Crippen molar-refractivity contribution >= 4 is 17.5 Å². The van der Waals surface area contributed by atoms with Crippen LogP contribution in [0.5, 0.6) is 0 Å². The number of nitrogens with one attached hydrogen (secondary N) is 3. The molecule has 0 radical (unpaired) electrons. The van der Waals surface area contributed by atoms with Crippen LogP contribution in [0.15, 0.2) is 54.6 Å². The van der Waals surface area contributed by atoms with Crippen molar-refractivity contribution < 1.29 is 9.59 Å². The number of nitrogens with two attached hydrogens (primary N) is 1. The molecule has 33 heavy (non-hydrogen) atoms. The van der Waals surface area contributed by atoms with Crippen molar-refractivity contribution in [2.75, 3.05) is 6.54 Å². The fourth-order valence-electron chi connectivity index (χ4n) is 3.46. The monoisotopic (exact) mass is 450 g/mol. The number of ketones is 1. The van der Waals surface area contributed by atoms with Crippen molar-refractivity contribution in [3.63, 3.8) is 0 Å². The first-order valence-electron chi connectivity index (χ1n) is 11.6. The Morgan fingerprint density at radius 1 is 1.00 bits per heavy atom. The summed E-state index contributed by atoms with van der Waals surface area (Å²) in [4.78, 5) is 25.7. The maximum atomic E-state index is 13.1. The van der Waals surface area contributed by atoms with Crippen LogP contribution in [-0.2, 0) is 22.6 Å². The summed E-state index contributed by atoms with van der Waals surface area (Å²) >= 11 is 0. The molecule has 2 aromatic rings. The number of carbonyl (C=O) groups is 2. The van der Waals surface area contributed by atoms with Crippen LogP contribution in [0.3, 0.4) is 0 Å². The summed E-state index contributed by atoms with van der Waals surface area (Å²) in [6.45, 7) is 9.31. The fourth-order valence-corrected chi connectivity index (χ4v) is 3.46. The van der Waals surface area contributed by atoms with Gasteiger partial charge < -0.3 is 16.4 Å². The first-order valence-corrected chi connectivity index (χ1v) is 11.6. The van der Waals surface area contributed by atoms with Crippen LogP contribution in [0.2, 0.25) is 0 Å². The van der Waals surface area contributed by atoms with Gasteiger partial charge in [0.15, 0.2) is 5.78 Å². The largest absolute Gasteiger partial charge is 0.384 e. The summed E-state index contributed by atoms with van der Waals surface area (Å²) in [5.74, 6) is -0.468. The molecule has 2 rings (SSSR count). The average molecular weight is 451 g/mol. The van der Waals surface area contributed by atoms with Gasteiger partial charge in [-0.25, -0.2) is 0 Å². The molecule has 1 amide bonds. The van der Waals surface area contributed by atoms with Crippen LogP contribution in [0.4, 0.5) is 0 Å². The van der Waals surface area contributed by atoms with Crippen molar-refractivity contribution in [1.29, 1.82) is 5.41 Å². The molecule has 178 valence electrons. The second-order valence-corrected chi connectivity index (χ2v) is 9.92. The molecule has 0 aliphatic carbocycles. The molecular formula is C27H38N4O2. The van der Waals surface area contributed by atoms with E-state index in [4.69, 9.17) is 11.1 Å². The molecule has 0 heterocycles. The van der Waals surface area contributed by atoms with E-state index in [1.54, 1.807) is 19.1 Å². The summed E-state index contributed by atoms with van der Waals surface area (Å²) in [5.41, 5.74) is 8.30. The molecule has 0 saturated carbocycles. The first-order chi connectivity index (χ1) is 15.5. The van der Waals surface area contributed by atoms with Gasteiger partial charge in [0.1, 0.15) is 5.84 Å². The Kier molecular flexibility index (Phi) is 9.79. The van der Waals surface area contributed by atoms with Gasteiger partial charge in [-0.2, -0.15) is 0 Å². The number of rotatable bonds is 12. The molecule has 0 unspecified atom stereocenters. The van der Waals surface area contributed by atoms with Gasteiger partial charge in [-0.1, -0.05) is 82.3 Å². The molecule has 0 saturated heterocycles. The maximum Gasteiger partial charge on any atom is 0.223 e. The number of hydrogen-bond acceptors (Lipinski definition) is 4. The third-order valence-electron chi connectivity index (χ3n) is 5.52. The van der Waals surface area contributed by atoms with Crippen molar-refractivity contribution in [1.82, 2.24) is 10.6 Å². The predicted octanol–water partition coefficient (Wildman–Crippen LogP) is 3.82. The number of nitrogen functional groups attached to an aromatic ring is 1.